The first-order valence-electron chi connectivity index (χ1n) is 9.37. The molecule has 0 saturated carbocycles. The Morgan fingerprint density at radius 2 is 2.00 bits per heavy atom. The van der Waals surface area contributed by atoms with Gasteiger partial charge in [-0.1, -0.05) is 6.07 Å². The Kier molecular flexibility index (Phi) is 4.58. The Morgan fingerprint density at radius 1 is 1.07 bits per heavy atom. The van der Waals surface area contributed by atoms with Crippen LogP contribution in [0, 0.1) is 0 Å². The van der Waals surface area contributed by atoms with Crippen molar-refractivity contribution in [2.45, 2.75) is 19.4 Å². The molecule has 0 saturated heterocycles. The second-order valence-electron chi connectivity index (χ2n) is 6.68. The van der Waals surface area contributed by atoms with Crippen LogP contribution >= 0.6 is 11.3 Å². The molecule has 28 heavy (non-hydrogen) atoms. The van der Waals surface area contributed by atoms with E-state index in [0.29, 0.717) is 0 Å². The van der Waals surface area contributed by atoms with E-state index >= 15 is 0 Å². The molecule has 3 aromatic heterocycles. The summed E-state index contributed by atoms with van der Waals surface area (Å²) in [7, 11) is 0. The van der Waals surface area contributed by atoms with Crippen LogP contribution in [0.15, 0.2) is 41.0 Å². The highest BCUT2D eigenvalue weighted by molar-refractivity contribution is 7.14. The first kappa shape index (κ1) is 17.1. The zero-order chi connectivity index (χ0) is 18.8. The molecule has 2 aliphatic rings. The minimum absolute atomic E-state index is 0.731. The summed E-state index contributed by atoms with van der Waals surface area (Å²) in [6, 6.07) is 6.07. The number of aromatic nitrogens is 4. The molecule has 0 radical (unpaired) electrons. The quantitative estimate of drug-likeness (QED) is 0.707. The zero-order valence-corrected chi connectivity index (χ0v) is 16.1. The van der Waals surface area contributed by atoms with E-state index in [2.05, 4.69) is 35.5 Å². The Labute approximate surface area is 166 Å². The number of nitrogens with zero attached hydrogens (tertiary/aromatic N) is 6. The molecule has 0 fully saturated rings. The van der Waals surface area contributed by atoms with Crippen LogP contribution in [-0.2, 0) is 13.0 Å². The standard InChI is InChI=1S/C19H20N8S/c1-3-14(16-12-28-19(25-16)26-18-22-6-2-7-23-18)24-17(4-1)27-10-5-13-15(11-27)21-9-8-20-13/h1,3-4,8-9,12H,2,5-7,10-11H2,(H2,22,23,25,26). The predicted molar refractivity (Wildman–Crippen MR) is 111 cm³/mol. The van der Waals surface area contributed by atoms with Gasteiger partial charge in [-0.15, -0.1) is 11.3 Å². The van der Waals surface area contributed by atoms with Crippen LogP contribution in [0.2, 0.25) is 0 Å². The fourth-order valence-electron chi connectivity index (χ4n) is 3.34. The fraction of sp³-hybridized carbons (Fsp3) is 0.316. The molecule has 9 heteroatoms. The van der Waals surface area contributed by atoms with Crippen molar-refractivity contribution < 1.29 is 0 Å². The first-order chi connectivity index (χ1) is 13.8. The molecule has 0 amide bonds. The molecule has 0 bridgehead atoms. The molecule has 2 N–H and O–H groups in total. The van der Waals surface area contributed by atoms with Crippen molar-refractivity contribution in [1.29, 1.82) is 0 Å². The van der Waals surface area contributed by atoms with Crippen molar-refractivity contribution in [2.24, 2.45) is 4.99 Å². The topological polar surface area (TPSA) is 91.2 Å². The van der Waals surface area contributed by atoms with E-state index < -0.39 is 0 Å². The molecule has 3 aromatic rings. The average Bonchev–Trinajstić information content (AvgIpc) is 3.23. The summed E-state index contributed by atoms with van der Waals surface area (Å²) in [5.41, 5.74) is 3.85. The van der Waals surface area contributed by atoms with Crippen LogP contribution in [0.5, 0.6) is 0 Å². The maximum Gasteiger partial charge on any atom is 0.197 e. The maximum absolute atomic E-state index is 4.85. The summed E-state index contributed by atoms with van der Waals surface area (Å²) < 4.78 is 0. The predicted octanol–water partition coefficient (Wildman–Crippen LogP) is 2.32. The van der Waals surface area contributed by atoms with Gasteiger partial charge in [-0.2, -0.15) is 0 Å². The van der Waals surface area contributed by atoms with Crippen LogP contribution in [-0.4, -0.2) is 45.5 Å². The van der Waals surface area contributed by atoms with E-state index in [9.17, 15) is 0 Å². The maximum atomic E-state index is 4.85. The summed E-state index contributed by atoms with van der Waals surface area (Å²) >= 11 is 1.56. The first-order valence-corrected chi connectivity index (χ1v) is 10.3. The van der Waals surface area contributed by atoms with Crippen molar-refractivity contribution >= 4 is 28.2 Å². The van der Waals surface area contributed by atoms with Gasteiger partial charge in [0.1, 0.15) is 11.5 Å². The lowest BCUT2D eigenvalue weighted by Gasteiger charge is -2.28. The average molecular weight is 392 g/mol. The summed E-state index contributed by atoms with van der Waals surface area (Å²) in [6.07, 6.45) is 5.46. The molecule has 5 rings (SSSR count). The number of nitrogens with one attached hydrogen (secondary N) is 2. The normalized spacial score (nSPS) is 16.1. The smallest absolute Gasteiger partial charge is 0.197 e. The fourth-order valence-corrected chi connectivity index (χ4v) is 4.04. The van der Waals surface area contributed by atoms with Crippen LogP contribution < -0.4 is 15.5 Å². The summed E-state index contributed by atoms with van der Waals surface area (Å²) in [5.74, 6) is 1.73. The lowest BCUT2D eigenvalue weighted by atomic mass is 10.1. The van der Waals surface area contributed by atoms with Crippen molar-refractivity contribution in [3.63, 3.8) is 0 Å². The lowest BCUT2D eigenvalue weighted by Crippen LogP contribution is -2.35. The number of guanidine groups is 1. The molecule has 5 heterocycles. The van der Waals surface area contributed by atoms with E-state index in [1.165, 1.54) is 0 Å². The van der Waals surface area contributed by atoms with Gasteiger partial charge in [-0.25, -0.2) is 9.97 Å². The molecule has 2 aliphatic heterocycles. The Bertz CT molecular complexity index is 1010. The molecular formula is C19H20N8S. The number of rotatable bonds is 3. The molecule has 0 aliphatic carbocycles. The summed E-state index contributed by atoms with van der Waals surface area (Å²) in [6.45, 7) is 3.41. The third kappa shape index (κ3) is 3.53. The Morgan fingerprint density at radius 3 is 2.89 bits per heavy atom. The lowest BCUT2D eigenvalue weighted by molar-refractivity contribution is 0.682. The van der Waals surface area contributed by atoms with Crippen molar-refractivity contribution in [3.8, 4) is 11.4 Å². The monoisotopic (exact) mass is 392 g/mol. The van der Waals surface area contributed by atoms with Gasteiger partial charge < -0.3 is 15.5 Å². The highest BCUT2D eigenvalue weighted by Gasteiger charge is 2.20. The minimum atomic E-state index is 0.731. The van der Waals surface area contributed by atoms with Crippen LogP contribution in [0.3, 0.4) is 0 Å². The number of pyridine rings is 1. The third-order valence-electron chi connectivity index (χ3n) is 4.77. The SMILES string of the molecule is c1cc(-c2csc(NC3=NCCCN3)n2)nc(N2CCc3nccnc3C2)c1. The van der Waals surface area contributed by atoms with Crippen LogP contribution in [0.25, 0.3) is 11.4 Å². The van der Waals surface area contributed by atoms with Gasteiger partial charge in [0.2, 0.25) is 0 Å². The number of hydrogen-bond donors (Lipinski definition) is 2. The largest absolute Gasteiger partial charge is 0.356 e. The minimum Gasteiger partial charge on any atom is -0.356 e. The van der Waals surface area contributed by atoms with Crippen LogP contribution in [0.1, 0.15) is 17.8 Å². The highest BCUT2D eigenvalue weighted by Crippen LogP contribution is 2.27. The van der Waals surface area contributed by atoms with E-state index in [1.807, 2.05) is 23.6 Å². The van der Waals surface area contributed by atoms with E-state index in [4.69, 9.17) is 4.98 Å². The molecule has 0 spiro atoms. The summed E-state index contributed by atoms with van der Waals surface area (Å²) in [5, 5.41) is 9.34. The number of fused-ring (bicyclic) bond motifs is 1. The van der Waals surface area contributed by atoms with Crippen molar-refractivity contribution in [3.05, 3.63) is 47.4 Å². The Balaban J connectivity index is 1.34. The molecule has 8 nitrogen and oxygen atoms in total. The number of hydrogen-bond acceptors (Lipinski definition) is 9. The number of aliphatic imine (C=N–C) groups is 1. The van der Waals surface area contributed by atoms with Gasteiger partial charge >= 0.3 is 0 Å². The van der Waals surface area contributed by atoms with Gasteiger partial charge in [-0.05, 0) is 18.6 Å². The third-order valence-corrected chi connectivity index (χ3v) is 5.52. The second-order valence-corrected chi connectivity index (χ2v) is 7.53. The van der Waals surface area contributed by atoms with E-state index in [0.717, 1.165) is 78.7 Å². The summed E-state index contributed by atoms with van der Waals surface area (Å²) in [4.78, 5) is 25.1. The Hall–Kier alpha value is -3.07. The van der Waals surface area contributed by atoms with Crippen molar-refractivity contribution in [2.75, 3.05) is 29.9 Å². The van der Waals surface area contributed by atoms with Gasteiger partial charge in [0.25, 0.3) is 0 Å². The van der Waals surface area contributed by atoms with Crippen LogP contribution in [0.4, 0.5) is 10.9 Å². The zero-order valence-electron chi connectivity index (χ0n) is 15.3. The number of anilines is 2. The highest BCUT2D eigenvalue weighted by atomic mass is 32.1. The second kappa shape index (κ2) is 7.51. The van der Waals surface area contributed by atoms with Gasteiger partial charge in [0, 0.05) is 43.8 Å². The number of thiazole rings is 1. The molecule has 142 valence electrons. The van der Waals surface area contributed by atoms with Crippen molar-refractivity contribution in [1.82, 2.24) is 25.3 Å². The molecular weight excluding hydrogens is 372 g/mol. The van der Waals surface area contributed by atoms with Gasteiger partial charge in [0.05, 0.1) is 23.6 Å². The van der Waals surface area contributed by atoms with E-state index in [1.54, 1.807) is 23.7 Å². The van der Waals surface area contributed by atoms with E-state index in [-0.39, 0.29) is 0 Å². The molecule has 0 unspecified atom stereocenters. The van der Waals surface area contributed by atoms with Gasteiger partial charge in [-0.3, -0.25) is 15.0 Å². The van der Waals surface area contributed by atoms with Gasteiger partial charge in [0.15, 0.2) is 11.1 Å². The molecule has 0 aromatic carbocycles. The molecule has 0 atom stereocenters.